The smallest absolute Gasteiger partial charge is 0.337 e. The van der Waals surface area contributed by atoms with Gasteiger partial charge in [-0.15, -0.1) is 0 Å². The topological polar surface area (TPSA) is 83.2 Å². The lowest BCUT2D eigenvalue weighted by molar-refractivity contribution is 0.0697. The van der Waals surface area contributed by atoms with Crippen molar-refractivity contribution in [3.05, 3.63) is 83.0 Å². The van der Waals surface area contributed by atoms with Crippen molar-refractivity contribution in [3.63, 3.8) is 0 Å². The van der Waals surface area contributed by atoms with Crippen molar-refractivity contribution >= 4 is 5.97 Å². The highest BCUT2D eigenvalue weighted by Crippen LogP contribution is 2.27. The first kappa shape index (κ1) is 18.2. The SMILES string of the molecule is Cc1ccc(CCOc2ccc(-c3ncccc3C(=O)O)cc2C#N)cc1. The normalized spacial score (nSPS) is 10.2. The number of aromatic carboxylic acids is 1. The summed E-state index contributed by atoms with van der Waals surface area (Å²) < 4.78 is 5.77. The van der Waals surface area contributed by atoms with E-state index in [0.29, 0.717) is 29.2 Å². The van der Waals surface area contributed by atoms with Gasteiger partial charge in [-0.25, -0.2) is 4.79 Å². The number of rotatable bonds is 6. The van der Waals surface area contributed by atoms with Gasteiger partial charge < -0.3 is 9.84 Å². The molecule has 0 saturated carbocycles. The van der Waals surface area contributed by atoms with E-state index in [1.54, 1.807) is 24.3 Å². The van der Waals surface area contributed by atoms with Gasteiger partial charge in [-0.2, -0.15) is 5.26 Å². The first-order valence-electron chi connectivity index (χ1n) is 8.49. The van der Waals surface area contributed by atoms with Crippen LogP contribution in [0.2, 0.25) is 0 Å². The van der Waals surface area contributed by atoms with Crippen LogP contribution in [0.3, 0.4) is 0 Å². The van der Waals surface area contributed by atoms with E-state index in [2.05, 4.69) is 35.3 Å². The van der Waals surface area contributed by atoms with Crippen LogP contribution in [0.25, 0.3) is 11.3 Å². The fourth-order valence-corrected chi connectivity index (χ4v) is 2.73. The second-order valence-corrected chi connectivity index (χ2v) is 6.11. The van der Waals surface area contributed by atoms with E-state index in [-0.39, 0.29) is 5.56 Å². The molecule has 0 spiro atoms. The molecule has 0 aliphatic heterocycles. The summed E-state index contributed by atoms with van der Waals surface area (Å²) >= 11 is 0. The molecule has 5 nitrogen and oxygen atoms in total. The minimum Gasteiger partial charge on any atom is -0.492 e. The second kappa shape index (κ2) is 8.15. The van der Waals surface area contributed by atoms with Crippen LogP contribution in [0.4, 0.5) is 0 Å². The Hall–Kier alpha value is -3.65. The van der Waals surface area contributed by atoms with Gasteiger partial charge in [-0.3, -0.25) is 4.98 Å². The number of carbonyl (C=O) groups is 1. The molecule has 0 aliphatic rings. The number of aryl methyl sites for hydroxylation is 1. The van der Waals surface area contributed by atoms with Gasteiger partial charge in [0.1, 0.15) is 11.8 Å². The van der Waals surface area contributed by atoms with Crippen molar-refractivity contribution in [1.82, 2.24) is 4.98 Å². The molecule has 1 heterocycles. The number of nitriles is 1. The molecule has 1 aromatic heterocycles. The van der Waals surface area contributed by atoms with E-state index in [1.807, 2.05) is 6.92 Å². The Bertz CT molecular complexity index is 1000. The van der Waals surface area contributed by atoms with Gasteiger partial charge in [-0.05, 0) is 42.8 Å². The van der Waals surface area contributed by atoms with Crippen LogP contribution in [0.5, 0.6) is 5.75 Å². The summed E-state index contributed by atoms with van der Waals surface area (Å²) in [6.45, 7) is 2.49. The first-order chi connectivity index (χ1) is 13.1. The summed E-state index contributed by atoms with van der Waals surface area (Å²) in [6.07, 6.45) is 2.26. The summed E-state index contributed by atoms with van der Waals surface area (Å²) in [6, 6.07) is 18.4. The summed E-state index contributed by atoms with van der Waals surface area (Å²) in [5.74, 6) is -0.587. The summed E-state index contributed by atoms with van der Waals surface area (Å²) in [5.41, 5.74) is 3.70. The third-order valence-electron chi connectivity index (χ3n) is 4.18. The van der Waals surface area contributed by atoms with Gasteiger partial charge in [-0.1, -0.05) is 29.8 Å². The highest BCUT2D eigenvalue weighted by molar-refractivity contribution is 5.94. The fourth-order valence-electron chi connectivity index (χ4n) is 2.73. The van der Waals surface area contributed by atoms with Crippen LogP contribution >= 0.6 is 0 Å². The standard InChI is InChI=1S/C22H18N2O3/c1-15-4-6-16(7-5-15)10-12-27-20-9-8-17(13-18(20)14-23)21-19(22(25)26)3-2-11-24-21/h2-9,11,13H,10,12H2,1H3,(H,25,26). The lowest BCUT2D eigenvalue weighted by atomic mass is 10.0. The van der Waals surface area contributed by atoms with Crippen molar-refractivity contribution in [2.75, 3.05) is 6.61 Å². The minimum atomic E-state index is -1.06. The van der Waals surface area contributed by atoms with Crippen LogP contribution in [0.15, 0.2) is 60.8 Å². The fraction of sp³-hybridized carbons (Fsp3) is 0.136. The van der Waals surface area contributed by atoms with Crippen molar-refractivity contribution in [2.45, 2.75) is 13.3 Å². The van der Waals surface area contributed by atoms with Crippen LogP contribution in [0.1, 0.15) is 27.0 Å². The maximum atomic E-state index is 11.4. The number of benzene rings is 2. The molecule has 27 heavy (non-hydrogen) atoms. The van der Waals surface area contributed by atoms with Crippen LogP contribution in [-0.2, 0) is 6.42 Å². The van der Waals surface area contributed by atoms with Gasteiger partial charge in [0.25, 0.3) is 0 Å². The summed E-state index contributed by atoms with van der Waals surface area (Å²) in [5, 5.41) is 18.8. The Kier molecular flexibility index (Phi) is 5.48. The van der Waals surface area contributed by atoms with Gasteiger partial charge in [0.2, 0.25) is 0 Å². The second-order valence-electron chi connectivity index (χ2n) is 6.11. The number of carboxylic acid groups (broad SMARTS) is 1. The Morgan fingerprint density at radius 2 is 1.96 bits per heavy atom. The molecule has 0 bridgehead atoms. The van der Waals surface area contributed by atoms with E-state index < -0.39 is 5.97 Å². The van der Waals surface area contributed by atoms with Gasteiger partial charge in [0, 0.05) is 18.2 Å². The van der Waals surface area contributed by atoms with E-state index in [4.69, 9.17) is 4.74 Å². The van der Waals surface area contributed by atoms with Crippen LogP contribution in [0, 0.1) is 18.3 Å². The van der Waals surface area contributed by atoms with Crippen LogP contribution < -0.4 is 4.74 Å². The lowest BCUT2D eigenvalue weighted by Crippen LogP contribution is -2.04. The molecule has 0 radical (unpaired) electrons. The number of nitrogens with zero attached hydrogens (tertiary/aromatic N) is 2. The molecular formula is C22H18N2O3. The maximum absolute atomic E-state index is 11.4. The monoisotopic (exact) mass is 358 g/mol. The number of aromatic nitrogens is 1. The Balaban J connectivity index is 1.78. The predicted octanol–water partition coefficient (Wildman–Crippen LogP) is 4.25. The Labute approximate surface area is 157 Å². The zero-order valence-corrected chi connectivity index (χ0v) is 14.8. The van der Waals surface area contributed by atoms with Gasteiger partial charge >= 0.3 is 5.97 Å². The average molecular weight is 358 g/mol. The highest BCUT2D eigenvalue weighted by atomic mass is 16.5. The third kappa shape index (κ3) is 4.31. The Morgan fingerprint density at radius 3 is 2.67 bits per heavy atom. The van der Waals surface area contributed by atoms with E-state index in [0.717, 1.165) is 12.0 Å². The zero-order chi connectivity index (χ0) is 19.2. The molecule has 0 unspecified atom stereocenters. The molecule has 134 valence electrons. The number of carboxylic acids is 1. The van der Waals surface area contributed by atoms with Crippen LogP contribution in [-0.4, -0.2) is 22.7 Å². The van der Waals surface area contributed by atoms with Crippen molar-refractivity contribution < 1.29 is 14.6 Å². The molecule has 3 rings (SSSR count). The van der Waals surface area contributed by atoms with Crippen molar-refractivity contribution in [3.8, 4) is 23.1 Å². The summed E-state index contributed by atoms with van der Waals surface area (Å²) in [7, 11) is 0. The van der Waals surface area contributed by atoms with Gasteiger partial charge in [0.15, 0.2) is 0 Å². The quantitative estimate of drug-likeness (QED) is 0.712. The van der Waals surface area contributed by atoms with E-state index in [1.165, 1.54) is 17.8 Å². The predicted molar refractivity (Wildman–Crippen MR) is 102 cm³/mol. The highest BCUT2D eigenvalue weighted by Gasteiger charge is 2.14. The first-order valence-corrected chi connectivity index (χ1v) is 8.49. The molecule has 1 N–H and O–H groups in total. The molecule has 0 aliphatic carbocycles. The molecule has 0 amide bonds. The van der Waals surface area contributed by atoms with E-state index >= 15 is 0 Å². The molecule has 0 saturated heterocycles. The minimum absolute atomic E-state index is 0.0921. The van der Waals surface area contributed by atoms with Crippen molar-refractivity contribution in [2.24, 2.45) is 0 Å². The maximum Gasteiger partial charge on any atom is 0.337 e. The Morgan fingerprint density at radius 1 is 1.19 bits per heavy atom. The number of ether oxygens (including phenoxy) is 1. The molecule has 0 fully saturated rings. The molecule has 0 atom stereocenters. The lowest BCUT2D eigenvalue weighted by Gasteiger charge is -2.10. The number of hydrogen-bond donors (Lipinski definition) is 1. The number of pyridine rings is 1. The zero-order valence-electron chi connectivity index (χ0n) is 14.8. The molecule has 5 heteroatoms. The van der Waals surface area contributed by atoms with Crippen molar-refractivity contribution in [1.29, 1.82) is 5.26 Å². The largest absolute Gasteiger partial charge is 0.492 e. The van der Waals surface area contributed by atoms with Gasteiger partial charge in [0.05, 0.1) is 23.4 Å². The summed E-state index contributed by atoms with van der Waals surface area (Å²) in [4.78, 5) is 15.5. The third-order valence-corrected chi connectivity index (χ3v) is 4.18. The average Bonchev–Trinajstić information content (AvgIpc) is 2.69. The molecule has 2 aromatic carbocycles. The molecular weight excluding hydrogens is 340 g/mol. The number of hydrogen-bond acceptors (Lipinski definition) is 4. The molecule has 3 aromatic rings. The van der Waals surface area contributed by atoms with E-state index in [9.17, 15) is 15.2 Å².